The van der Waals surface area contributed by atoms with Gasteiger partial charge in [-0.2, -0.15) is 0 Å². The van der Waals surface area contributed by atoms with Gasteiger partial charge >= 0.3 is 0 Å². The maximum absolute atomic E-state index is 12.2. The van der Waals surface area contributed by atoms with E-state index in [9.17, 15) is 4.79 Å². The van der Waals surface area contributed by atoms with E-state index in [-0.39, 0.29) is 5.91 Å². The van der Waals surface area contributed by atoms with E-state index in [4.69, 9.17) is 0 Å². The lowest BCUT2D eigenvalue weighted by atomic mass is 10.2. The van der Waals surface area contributed by atoms with Gasteiger partial charge in [-0.25, -0.2) is 0 Å². The molecule has 0 unspecified atom stereocenters. The maximum atomic E-state index is 12.2. The standard InChI is InChI=1S/C16H26N2O/c1-5-18(15-8-6-7-14(4)11-15)16(19)9-10-17-12-13(2)3/h6-8,11,13,17H,5,9-10,12H2,1-4H3. The Labute approximate surface area is 117 Å². The van der Waals surface area contributed by atoms with E-state index >= 15 is 0 Å². The Kier molecular flexibility index (Phi) is 6.57. The Morgan fingerprint density at radius 2 is 2.11 bits per heavy atom. The lowest BCUT2D eigenvalue weighted by molar-refractivity contribution is -0.118. The van der Waals surface area contributed by atoms with Gasteiger partial charge in [-0.15, -0.1) is 0 Å². The Balaban J connectivity index is 2.52. The number of hydrogen-bond acceptors (Lipinski definition) is 2. The first-order valence-corrected chi connectivity index (χ1v) is 7.12. The summed E-state index contributed by atoms with van der Waals surface area (Å²) in [7, 11) is 0. The van der Waals surface area contributed by atoms with Crippen molar-refractivity contribution in [2.45, 2.75) is 34.1 Å². The third-order valence-electron chi connectivity index (χ3n) is 3.00. The smallest absolute Gasteiger partial charge is 0.228 e. The number of aryl methyl sites for hydroxylation is 1. The van der Waals surface area contributed by atoms with Crippen LogP contribution < -0.4 is 10.2 Å². The van der Waals surface area contributed by atoms with Gasteiger partial charge in [-0.1, -0.05) is 26.0 Å². The van der Waals surface area contributed by atoms with E-state index in [0.29, 0.717) is 18.9 Å². The summed E-state index contributed by atoms with van der Waals surface area (Å²) in [6.45, 7) is 10.8. The lowest BCUT2D eigenvalue weighted by Crippen LogP contribution is -2.33. The van der Waals surface area contributed by atoms with Crippen LogP contribution in [0.4, 0.5) is 5.69 Å². The van der Waals surface area contributed by atoms with E-state index in [1.54, 1.807) is 0 Å². The highest BCUT2D eigenvalue weighted by Crippen LogP contribution is 2.16. The summed E-state index contributed by atoms with van der Waals surface area (Å²) in [4.78, 5) is 14.1. The number of benzene rings is 1. The van der Waals surface area contributed by atoms with Gasteiger partial charge in [0.1, 0.15) is 0 Å². The topological polar surface area (TPSA) is 32.3 Å². The molecule has 0 saturated carbocycles. The van der Waals surface area contributed by atoms with Crippen LogP contribution in [0.5, 0.6) is 0 Å². The van der Waals surface area contributed by atoms with Crippen LogP contribution in [0.15, 0.2) is 24.3 Å². The van der Waals surface area contributed by atoms with Crippen LogP contribution >= 0.6 is 0 Å². The highest BCUT2D eigenvalue weighted by Gasteiger charge is 2.13. The summed E-state index contributed by atoms with van der Waals surface area (Å²) in [5.41, 5.74) is 2.18. The second-order valence-electron chi connectivity index (χ2n) is 5.32. The number of hydrogen-bond donors (Lipinski definition) is 1. The zero-order chi connectivity index (χ0) is 14.3. The average Bonchev–Trinajstić information content (AvgIpc) is 2.35. The Morgan fingerprint density at radius 1 is 1.37 bits per heavy atom. The van der Waals surface area contributed by atoms with Crippen molar-refractivity contribution in [3.8, 4) is 0 Å². The minimum absolute atomic E-state index is 0.185. The zero-order valence-electron chi connectivity index (χ0n) is 12.6. The quantitative estimate of drug-likeness (QED) is 0.766. The van der Waals surface area contributed by atoms with Gasteiger partial charge < -0.3 is 10.2 Å². The fraction of sp³-hybridized carbons (Fsp3) is 0.562. The molecule has 1 rings (SSSR count). The molecule has 3 heteroatoms. The fourth-order valence-corrected chi connectivity index (χ4v) is 2.02. The Hall–Kier alpha value is -1.35. The molecule has 19 heavy (non-hydrogen) atoms. The number of amides is 1. The van der Waals surface area contributed by atoms with E-state index in [1.165, 1.54) is 5.56 Å². The normalized spacial score (nSPS) is 10.8. The first kappa shape index (κ1) is 15.7. The molecule has 0 aliphatic rings. The minimum atomic E-state index is 0.185. The highest BCUT2D eigenvalue weighted by molar-refractivity contribution is 5.93. The molecule has 1 aromatic carbocycles. The van der Waals surface area contributed by atoms with Crippen LogP contribution in [0, 0.1) is 12.8 Å². The molecule has 106 valence electrons. The SMILES string of the molecule is CCN(C(=O)CCNCC(C)C)c1cccc(C)c1. The van der Waals surface area contributed by atoms with Gasteiger partial charge in [0.2, 0.25) is 5.91 Å². The van der Waals surface area contributed by atoms with Crippen molar-refractivity contribution in [2.24, 2.45) is 5.92 Å². The van der Waals surface area contributed by atoms with Gasteiger partial charge in [0.05, 0.1) is 0 Å². The van der Waals surface area contributed by atoms with Gasteiger partial charge in [0, 0.05) is 25.2 Å². The fourth-order valence-electron chi connectivity index (χ4n) is 2.02. The molecule has 0 fully saturated rings. The molecule has 1 N–H and O–H groups in total. The molecular weight excluding hydrogens is 236 g/mol. The second kappa shape index (κ2) is 7.95. The van der Waals surface area contributed by atoms with Crippen molar-refractivity contribution in [1.29, 1.82) is 0 Å². The summed E-state index contributed by atoms with van der Waals surface area (Å²) in [5.74, 6) is 0.804. The van der Waals surface area contributed by atoms with Crippen molar-refractivity contribution in [3.05, 3.63) is 29.8 Å². The highest BCUT2D eigenvalue weighted by atomic mass is 16.2. The van der Waals surface area contributed by atoms with Crippen molar-refractivity contribution in [1.82, 2.24) is 5.32 Å². The van der Waals surface area contributed by atoms with Crippen LogP contribution in [-0.2, 0) is 4.79 Å². The minimum Gasteiger partial charge on any atom is -0.316 e. The largest absolute Gasteiger partial charge is 0.316 e. The Bertz CT molecular complexity index is 401. The number of rotatable bonds is 7. The van der Waals surface area contributed by atoms with Crippen LogP contribution in [0.2, 0.25) is 0 Å². The van der Waals surface area contributed by atoms with Crippen molar-refractivity contribution in [2.75, 3.05) is 24.5 Å². The predicted octanol–water partition coefficient (Wildman–Crippen LogP) is 2.98. The third-order valence-corrected chi connectivity index (χ3v) is 3.00. The van der Waals surface area contributed by atoms with Crippen LogP contribution in [-0.4, -0.2) is 25.5 Å². The maximum Gasteiger partial charge on any atom is 0.228 e. The second-order valence-corrected chi connectivity index (χ2v) is 5.32. The van der Waals surface area contributed by atoms with E-state index in [2.05, 4.69) is 25.2 Å². The summed E-state index contributed by atoms with van der Waals surface area (Å²) < 4.78 is 0. The van der Waals surface area contributed by atoms with Crippen LogP contribution in [0.3, 0.4) is 0 Å². The van der Waals surface area contributed by atoms with Gasteiger partial charge in [0.15, 0.2) is 0 Å². The first-order valence-electron chi connectivity index (χ1n) is 7.12. The van der Waals surface area contributed by atoms with Crippen molar-refractivity contribution in [3.63, 3.8) is 0 Å². The van der Waals surface area contributed by atoms with Gasteiger partial charge in [-0.05, 0) is 44.0 Å². The summed E-state index contributed by atoms with van der Waals surface area (Å²) >= 11 is 0. The number of nitrogens with zero attached hydrogens (tertiary/aromatic N) is 1. The molecule has 0 aromatic heterocycles. The molecule has 0 saturated heterocycles. The zero-order valence-corrected chi connectivity index (χ0v) is 12.6. The summed E-state index contributed by atoms with van der Waals surface area (Å²) in [6, 6.07) is 8.10. The van der Waals surface area contributed by atoms with Crippen LogP contribution in [0.1, 0.15) is 32.8 Å². The average molecular weight is 262 g/mol. The van der Waals surface area contributed by atoms with E-state index in [1.807, 2.05) is 36.9 Å². The molecule has 0 radical (unpaired) electrons. The van der Waals surface area contributed by atoms with Gasteiger partial charge in [-0.3, -0.25) is 4.79 Å². The van der Waals surface area contributed by atoms with Crippen molar-refractivity contribution >= 4 is 11.6 Å². The number of anilines is 1. The predicted molar refractivity (Wildman–Crippen MR) is 81.5 cm³/mol. The Morgan fingerprint density at radius 3 is 2.68 bits per heavy atom. The molecule has 3 nitrogen and oxygen atoms in total. The summed E-state index contributed by atoms with van der Waals surface area (Å²) in [5, 5.41) is 3.31. The molecule has 0 atom stereocenters. The number of carbonyl (C=O) groups is 1. The molecule has 1 aromatic rings. The monoisotopic (exact) mass is 262 g/mol. The molecule has 0 spiro atoms. The molecule has 0 bridgehead atoms. The number of nitrogens with one attached hydrogen (secondary N) is 1. The van der Waals surface area contributed by atoms with Crippen molar-refractivity contribution < 1.29 is 4.79 Å². The van der Waals surface area contributed by atoms with E-state index in [0.717, 1.165) is 18.8 Å². The molecule has 0 aliphatic heterocycles. The first-order chi connectivity index (χ1) is 9.04. The van der Waals surface area contributed by atoms with Gasteiger partial charge in [0.25, 0.3) is 0 Å². The molecule has 1 amide bonds. The summed E-state index contributed by atoms with van der Waals surface area (Å²) in [6.07, 6.45) is 0.550. The molecular formula is C16H26N2O. The molecule has 0 aliphatic carbocycles. The lowest BCUT2D eigenvalue weighted by Gasteiger charge is -2.21. The third kappa shape index (κ3) is 5.43. The van der Waals surface area contributed by atoms with E-state index < -0.39 is 0 Å². The number of carbonyl (C=O) groups excluding carboxylic acids is 1. The molecule has 0 heterocycles. The van der Waals surface area contributed by atoms with Crippen LogP contribution in [0.25, 0.3) is 0 Å².